The van der Waals surface area contributed by atoms with Crippen LogP contribution in [0.5, 0.6) is 0 Å². The fourth-order valence-corrected chi connectivity index (χ4v) is 0.608. The molecule has 0 aliphatic heterocycles. The minimum atomic E-state index is -1.23. The molecule has 2 N–H and O–H groups in total. The van der Waals surface area contributed by atoms with E-state index < -0.39 is 11.9 Å². The highest BCUT2D eigenvalue weighted by molar-refractivity contribution is 5.94. The summed E-state index contributed by atoms with van der Waals surface area (Å²) in [6.07, 6.45) is 0.715. The van der Waals surface area contributed by atoms with Gasteiger partial charge in [0.15, 0.2) is 0 Å². The summed E-state index contributed by atoms with van der Waals surface area (Å²) in [7, 11) is 0. The van der Waals surface area contributed by atoms with Crippen LogP contribution in [0.2, 0.25) is 0 Å². The molecule has 0 rings (SSSR count). The lowest BCUT2D eigenvalue weighted by Crippen LogP contribution is -2.09. The Labute approximate surface area is 64.2 Å². The molecule has 4 heteroatoms. The van der Waals surface area contributed by atoms with Crippen molar-refractivity contribution in [1.29, 1.82) is 0 Å². The SMILES string of the molecule is CC(C)C(=CC(=O)O)C(=O)O. The van der Waals surface area contributed by atoms with Gasteiger partial charge in [-0.2, -0.15) is 0 Å². The van der Waals surface area contributed by atoms with Gasteiger partial charge in [0.1, 0.15) is 0 Å². The van der Waals surface area contributed by atoms with Gasteiger partial charge < -0.3 is 10.2 Å². The Morgan fingerprint density at radius 2 is 1.73 bits per heavy atom. The number of aliphatic carboxylic acids is 2. The molecule has 0 bridgehead atoms. The van der Waals surface area contributed by atoms with Crippen molar-refractivity contribution in [3.05, 3.63) is 11.6 Å². The van der Waals surface area contributed by atoms with Crippen LogP contribution >= 0.6 is 0 Å². The predicted octanol–water partition coefficient (Wildman–Crippen LogP) is 0.738. The fourth-order valence-electron chi connectivity index (χ4n) is 0.608. The monoisotopic (exact) mass is 158 g/mol. The Kier molecular flexibility index (Phi) is 3.30. The summed E-state index contributed by atoms with van der Waals surface area (Å²) in [6.45, 7) is 3.26. The second-order valence-corrected chi connectivity index (χ2v) is 2.40. The Balaban J connectivity index is 4.60. The maximum Gasteiger partial charge on any atom is 0.332 e. The van der Waals surface area contributed by atoms with Crippen LogP contribution in [0.4, 0.5) is 0 Å². The fraction of sp³-hybridized carbons (Fsp3) is 0.429. The number of carbonyl (C=O) groups is 2. The van der Waals surface area contributed by atoms with Crippen LogP contribution in [0.15, 0.2) is 11.6 Å². The first-order valence-electron chi connectivity index (χ1n) is 3.13. The summed E-state index contributed by atoms with van der Waals surface area (Å²) in [5.74, 6) is -2.68. The van der Waals surface area contributed by atoms with Gasteiger partial charge in [-0.1, -0.05) is 13.8 Å². The number of carboxylic acids is 2. The van der Waals surface area contributed by atoms with Gasteiger partial charge >= 0.3 is 11.9 Å². The van der Waals surface area contributed by atoms with Crippen molar-refractivity contribution in [1.82, 2.24) is 0 Å². The minimum absolute atomic E-state index is 0.0856. The lowest BCUT2D eigenvalue weighted by Gasteiger charge is -2.02. The Morgan fingerprint density at radius 1 is 1.27 bits per heavy atom. The van der Waals surface area contributed by atoms with E-state index in [0.717, 1.165) is 0 Å². The molecule has 11 heavy (non-hydrogen) atoms. The molecule has 0 atom stereocenters. The molecule has 0 radical (unpaired) electrons. The molecule has 0 unspecified atom stereocenters. The van der Waals surface area contributed by atoms with E-state index in [-0.39, 0.29) is 11.5 Å². The summed E-state index contributed by atoms with van der Waals surface area (Å²) in [6, 6.07) is 0. The topological polar surface area (TPSA) is 74.6 Å². The average Bonchev–Trinajstić information content (AvgIpc) is 1.81. The molecule has 0 aromatic carbocycles. The molecule has 4 nitrogen and oxygen atoms in total. The van der Waals surface area contributed by atoms with Crippen LogP contribution in [-0.4, -0.2) is 22.2 Å². The smallest absolute Gasteiger partial charge is 0.332 e. The van der Waals surface area contributed by atoms with E-state index in [4.69, 9.17) is 10.2 Å². The third-order valence-corrected chi connectivity index (χ3v) is 1.15. The number of hydrogen-bond acceptors (Lipinski definition) is 2. The number of rotatable bonds is 3. The lowest BCUT2D eigenvalue weighted by atomic mass is 10.0. The first kappa shape index (κ1) is 9.68. The lowest BCUT2D eigenvalue weighted by molar-refractivity contribution is -0.135. The third-order valence-electron chi connectivity index (χ3n) is 1.15. The van der Waals surface area contributed by atoms with E-state index in [1.807, 2.05) is 0 Å². The van der Waals surface area contributed by atoms with Crippen LogP contribution in [0.1, 0.15) is 13.8 Å². The van der Waals surface area contributed by atoms with Gasteiger partial charge in [0, 0.05) is 11.6 Å². The highest BCUT2D eigenvalue weighted by Crippen LogP contribution is 2.08. The van der Waals surface area contributed by atoms with Crippen LogP contribution < -0.4 is 0 Å². The van der Waals surface area contributed by atoms with Gasteiger partial charge in [-0.15, -0.1) is 0 Å². The van der Waals surface area contributed by atoms with Gasteiger partial charge in [0.25, 0.3) is 0 Å². The van der Waals surface area contributed by atoms with E-state index in [1.54, 1.807) is 13.8 Å². The number of hydrogen-bond donors (Lipinski definition) is 2. The first-order chi connectivity index (χ1) is 4.95. The maximum atomic E-state index is 10.3. The van der Waals surface area contributed by atoms with Gasteiger partial charge in [0.2, 0.25) is 0 Å². The van der Waals surface area contributed by atoms with Gasteiger partial charge in [-0.25, -0.2) is 9.59 Å². The van der Waals surface area contributed by atoms with Crippen molar-refractivity contribution in [2.24, 2.45) is 5.92 Å². The van der Waals surface area contributed by atoms with E-state index in [2.05, 4.69) is 0 Å². The van der Waals surface area contributed by atoms with Crippen LogP contribution in [0.25, 0.3) is 0 Å². The first-order valence-corrected chi connectivity index (χ1v) is 3.13. The zero-order valence-corrected chi connectivity index (χ0v) is 6.37. The standard InChI is InChI=1S/C7H10O4/c1-4(2)5(7(10)11)3-6(8)9/h3-4H,1-2H3,(H,8,9)(H,10,11). The molecule has 0 aromatic heterocycles. The van der Waals surface area contributed by atoms with Crippen LogP contribution in [0, 0.1) is 5.92 Å². The second kappa shape index (κ2) is 3.75. The molecule has 0 fully saturated rings. The summed E-state index contributed by atoms with van der Waals surface area (Å²) in [4.78, 5) is 20.4. The molecule has 62 valence electrons. The highest BCUT2D eigenvalue weighted by Gasteiger charge is 2.12. The van der Waals surface area contributed by atoms with Crippen molar-refractivity contribution in [2.75, 3.05) is 0 Å². The van der Waals surface area contributed by atoms with Crippen molar-refractivity contribution in [3.8, 4) is 0 Å². The third kappa shape index (κ3) is 3.40. The second-order valence-electron chi connectivity index (χ2n) is 2.40. The molecule has 0 spiro atoms. The maximum absolute atomic E-state index is 10.3. The average molecular weight is 158 g/mol. The van der Waals surface area contributed by atoms with Crippen LogP contribution in [0.3, 0.4) is 0 Å². The van der Waals surface area contributed by atoms with Crippen molar-refractivity contribution < 1.29 is 19.8 Å². The molecule has 0 aliphatic carbocycles. The Hall–Kier alpha value is -1.32. The zero-order valence-electron chi connectivity index (χ0n) is 6.37. The quantitative estimate of drug-likeness (QED) is 0.594. The summed E-state index contributed by atoms with van der Waals surface area (Å²) >= 11 is 0. The predicted molar refractivity (Wildman–Crippen MR) is 38.2 cm³/mol. The van der Waals surface area contributed by atoms with Crippen LogP contribution in [-0.2, 0) is 9.59 Å². The molecular weight excluding hydrogens is 148 g/mol. The normalized spacial score (nSPS) is 11.7. The van der Waals surface area contributed by atoms with Gasteiger partial charge in [-0.05, 0) is 5.92 Å². The Bertz CT molecular complexity index is 202. The molecule has 0 heterocycles. The molecule has 0 amide bonds. The molecule has 0 saturated carbocycles. The van der Waals surface area contributed by atoms with E-state index in [9.17, 15) is 9.59 Å². The molecule has 0 aromatic rings. The van der Waals surface area contributed by atoms with Crippen molar-refractivity contribution in [2.45, 2.75) is 13.8 Å². The van der Waals surface area contributed by atoms with E-state index in [1.165, 1.54) is 0 Å². The van der Waals surface area contributed by atoms with E-state index >= 15 is 0 Å². The Morgan fingerprint density at radius 3 is 1.82 bits per heavy atom. The highest BCUT2D eigenvalue weighted by atomic mass is 16.4. The van der Waals surface area contributed by atoms with Crippen molar-refractivity contribution in [3.63, 3.8) is 0 Å². The zero-order chi connectivity index (χ0) is 9.02. The molecule has 0 aliphatic rings. The summed E-state index contributed by atoms with van der Waals surface area (Å²) in [5, 5.41) is 16.7. The van der Waals surface area contributed by atoms with Gasteiger partial charge in [-0.3, -0.25) is 0 Å². The summed E-state index contributed by atoms with van der Waals surface area (Å²) < 4.78 is 0. The van der Waals surface area contributed by atoms with Crippen molar-refractivity contribution >= 4 is 11.9 Å². The van der Waals surface area contributed by atoms with E-state index in [0.29, 0.717) is 6.08 Å². The minimum Gasteiger partial charge on any atom is -0.478 e. The number of carboxylic acid groups (broad SMARTS) is 2. The summed E-state index contributed by atoms with van der Waals surface area (Å²) in [5.41, 5.74) is -0.0856. The molecule has 0 saturated heterocycles. The molecular formula is C7H10O4. The largest absolute Gasteiger partial charge is 0.478 e. The van der Waals surface area contributed by atoms with Gasteiger partial charge in [0.05, 0.1) is 0 Å².